The molecule has 2 rings (SSSR count). The largest absolute Gasteiger partial charge is 0.361 e. The van der Waals surface area contributed by atoms with E-state index in [4.69, 9.17) is 4.84 Å². The molecule has 0 amide bonds. The van der Waals surface area contributed by atoms with E-state index >= 15 is 0 Å². The standard InChI is InChI=1S/C11H14N2O4/c1-6-5-13(10(16)12-8(6)14)17-9(15)11(3)4-7(11)2/h5,7H,4H2,1-3H3,(H,12,14,16). The molecule has 0 bridgehead atoms. The van der Waals surface area contributed by atoms with E-state index in [-0.39, 0.29) is 5.92 Å². The fraction of sp³-hybridized carbons (Fsp3) is 0.545. The van der Waals surface area contributed by atoms with Crippen LogP contribution in [0.3, 0.4) is 0 Å². The molecule has 1 saturated carbocycles. The second kappa shape index (κ2) is 3.58. The Bertz CT molecular complexity index is 586. The molecule has 92 valence electrons. The lowest BCUT2D eigenvalue weighted by Crippen LogP contribution is -2.39. The summed E-state index contributed by atoms with van der Waals surface area (Å²) in [6.07, 6.45) is 1.97. The molecule has 6 nitrogen and oxygen atoms in total. The third-order valence-electron chi connectivity index (χ3n) is 3.40. The summed E-state index contributed by atoms with van der Waals surface area (Å²) in [6.45, 7) is 5.27. The topological polar surface area (TPSA) is 81.2 Å². The minimum absolute atomic E-state index is 0.259. The van der Waals surface area contributed by atoms with Gasteiger partial charge in [0.05, 0.1) is 11.6 Å². The molecule has 2 atom stereocenters. The maximum atomic E-state index is 11.8. The molecule has 6 heteroatoms. The van der Waals surface area contributed by atoms with Crippen LogP contribution in [0.1, 0.15) is 25.8 Å². The predicted octanol–water partition coefficient (Wildman–Crippen LogP) is -0.154. The molecule has 1 aromatic heterocycles. The molecule has 1 aliphatic rings. The third kappa shape index (κ3) is 1.90. The molecular weight excluding hydrogens is 224 g/mol. The molecule has 0 aliphatic heterocycles. The number of nitrogens with zero attached hydrogens (tertiary/aromatic N) is 1. The number of hydrogen-bond donors (Lipinski definition) is 1. The van der Waals surface area contributed by atoms with Crippen molar-refractivity contribution in [2.45, 2.75) is 27.2 Å². The Morgan fingerprint density at radius 1 is 1.59 bits per heavy atom. The smallest absolute Gasteiger partial charge is 0.332 e. The third-order valence-corrected chi connectivity index (χ3v) is 3.40. The van der Waals surface area contributed by atoms with E-state index in [9.17, 15) is 14.4 Å². The van der Waals surface area contributed by atoms with Gasteiger partial charge in [0.1, 0.15) is 0 Å². The highest BCUT2D eigenvalue weighted by Gasteiger charge is 2.55. The van der Waals surface area contributed by atoms with Crippen molar-refractivity contribution in [2.75, 3.05) is 0 Å². The van der Waals surface area contributed by atoms with Gasteiger partial charge in [-0.15, -0.1) is 4.73 Å². The number of aromatic amines is 1. The molecular formula is C11H14N2O4. The molecule has 0 saturated heterocycles. The summed E-state index contributed by atoms with van der Waals surface area (Å²) in [4.78, 5) is 41.3. The van der Waals surface area contributed by atoms with Crippen LogP contribution in [0.5, 0.6) is 0 Å². The Morgan fingerprint density at radius 2 is 2.18 bits per heavy atom. The normalized spacial score (nSPS) is 26.6. The fourth-order valence-corrected chi connectivity index (χ4v) is 1.67. The van der Waals surface area contributed by atoms with Crippen LogP contribution < -0.4 is 16.1 Å². The molecule has 1 N–H and O–H groups in total. The van der Waals surface area contributed by atoms with Gasteiger partial charge in [-0.3, -0.25) is 9.78 Å². The van der Waals surface area contributed by atoms with Crippen molar-refractivity contribution in [3.8, 4) is 0 Å². The van der Waals surface area contributed by atoms with Gasteiger partial charge in [0.2, 0.25) is 0 Å². The van der Waals surface area contributed by atoms with E-state index in [2.05, 4.69) is 4.98 Å². The number of H-pyrrole nitrogens is 1. The summed E-state index contributed by atoms with van der Waals surface area (Å²) < 4.78 is 0.773. The summed E-state index contributed by atoms with van der Waals surface area (Å²) in [5, 5.41) is 0. The highest BCUT2D eigenvalue weighted by molar-refractivity contribution is 5.80. The van der Waals surface area contributed by atoms with Crippen molar-refractivity contribution in [1.82, 2.24) is 9.71 Å². The van der Waals surface area contributed by atoms with Crippen LogP contribution >= 0.6 is 0 Å². The lowest BCUT2D eigenvalue weighted by atomic mass is 10.1. The number of aryl methyl sites for hydroxylation is 1. The minimum atomic E-state index is -0.745. The molecule has 1 aliphatic carbocycles. The first-order valence-electron chi connectivity index (χ1n) is 5.40. The second-order valence-corrected chi connectivity index (χ2v) is 4.80. The van der Waals surface area contributed by atoms with E-state index in [1.807, 2.05) is 6.92 Å². The van der Waals surface area contributed by atoms with Gasteiger partial charge in [-0.05, 0) is 26.2 Å². The fourth-order valence-electron chi connectivity index (χ4n) is 1.67. The Hall–Kier alpha value is -1.85. The van der Waals surface area contributed by atoms with Crippen LogP contribution in [0.15, 0.2) is 15.8 Å². The van der Waals surface area contributed by atoms with Gasteiger partial charge >= 0.3 is 11.7 Å². The zero-order valence-electron chi connectivity index (χ0n) is 9.94. The van der Waals surface area contributed by atoms with Gasteiger partial charge in [0.15, 0.2) is 0 Å². The van der Waals surface area contributed by atoms with Crippen molar-refractivity contribution in [1.29, 1.82) is 0 Å². The van der Waals surface area contributed by atoms with Gasteiger partial charge < -0.3 is 4.84 Å². The summed E-state index contributed by atoms with van der Waals surface area (Å²) in [5.41, 5.74) is -1.42. The molecule has 1 fully saturated rings. The molecule has 0 aromatic carbocycles. The van der Waals surface area contributed by atoms with Crippen molar-refractivity contribution < 1.29 is 9.63 Å². The molecule has 1 aromatic rings. The quantitative estimate of drug-likeness (QED) is 0.776. The van der Waals surface area contributed by atoms with Crippen LogP contribution in [0, 0.1) is 18.3 Å². The van der Waals surface area contributed by atoms with Gasteiger partial charge in [0, 0.05) is 5.56 Å². The molecule has 0 radical (unpaired) electrons. The zero-order chi connectivity index (χ0) is 12.8. The van der Waals surface area contributed by atoms with Crippen molar-refractivity contribution in [2.24, 2.45) is 11.3 Å². The molecule has 17 heavy (non-hydrogen) atoms. The molecule has 0 spiro atoms. The number of nitrogens with one attached hydrogen (secondary N) is 1. The van der Waals surface area contributed by atoms with Crippen LogP contribution in [0.25, 0.3) is 0 Å². The SMILES string of the molecule is Cc1cn(OC(=O)C2(C)CC2C)c(=O)[nH]c1=O. The van der Waals surface area contributed by atoms with Gasteiger partial charge in [0.25, 0.3) is 5.56 Å². The first-order chi connectivity index (χ1) is 7.84. The number of carbonyl (C=O) groups excluding carboxylic acids is 1. The summed E-state index contributed by atoms with van der Waals surface area (Å²) in [5.74, 6) is -0.187. The van der Waals surface area contributed by atoms with E-state index < -0.39 is 22.6 Å². The van der Waals surface area contributed by atoms with E-state index in [0.29, 0.717) is 5.56 Å². The highest BCUT2D eigenvalue weighted by atomic mass is 16.7. The number of carbonyl (C=O) groups is 1. The molecule has 1 heterocycles. The number of aromatic nitrogens is 2. The van der Waals surface area contributed by atoms with Gasteiger partial charge in [-0.25, -0.2) is 9.59 Å². The minimum Gasteiger partial charge on any atom is -0.332 e. The first-order valence-corrected chi connectivity index (χ1v) is 5.40. The lowest BCUT2D eigenvalue weighted by Gasteiger charge is -2.10. The van der Waals surface area contributed by atoms with Crippen LogP contribution in [0.2, 0.25) is 0 Å². The van der Waals surface area contributed by atoms with Crippen molar-refractivity contribution in [3.63, 3.8) is 0 Å². The van der Waals surface area contributed by atoms with Crippen LogP contribution in [0.4, 0.5) is 0 Å². The van der Waals surface area contributed by atoms with Crippen molar-refractivity contribution in [3.05, 3.63) is 32.6 Å². The van der Waals surface area contributed by atoms with Gasteiger partial charge in [-0.1, -0.05) is 6.92 Å². The zero-order valence-corrected chi connectivity index (χ0v) is 9.94. The van der Waals surface area contributed by atoms with E-state index in [0.717, 1.165) is 11.2 Å². The Labute approximate surface area is 97.2 Å². The first kappa shape index (κ1) is 11.6. The Balaban J connectivity index is 2.26. The van der Waals surface area contributed by atoms with E-state index in [1.54, 1.807) is 6.92 Å². The van der Waals surface area contributed by atoms with Gasteiger partial charge in [-0.2, -0.15) is 0 Å². The summed E-state index contributed by atoms with van der Waals surface area (Å²) in [6, 6.07) is 0. The Kier molecular flexibility index (Phi) is 2.45. The monoisotopic (exact) mass is 238 g/mol. The maximum absolute atomic E-state index is 11.8. The van der Waals surface area contributed by atoms with E-state index in [1.165, 1.54) is 13.1 Å². The average molecular weight is 238 g/mol. The number of rotatable bonds is 2. The lowest BCUT2D eigenvalue weighted by molar-refractivity contribution is -0.151. The highest BCUT2D eigenvalue weighted by Crippen LogP contribution is 2.52. The number of hydrogen-bond acceptors (Lipinski definition) is 4. The van der Waals surface area contributed by atoms with Crippen LogP contribution in [-0.4, -0.2) is 15.7 Å². The summed E-state index contributed by atoms with van der Waals surface area (Å²) in [7, 11) is 0. The Morgan fingerprint density at radius 3 is 2.71 bits per heavy atom. The maximum Gasteiger partial charge on any atom is 0.361 e. The predicted molar refractivity (Wildman–Crippen MR) is 59.5 cm³/mol. The average Bonchev–Trinajstić information content (AvgIpc) is 2.85. The van der Waals surface area contributed by atoms with Crippen molar-refractivity contribution >= 4 is 5.97 Å². The second-order valence-electron chi connectivity index (χ2n) is 4.80. The summed E-state index contributed by atoms with van der Waals surface area (Å²) >= 11 is 0. The van der Waals surface area contributed by atoms with Crippen LogP contribution in [-0.2, 0) is 4.79 Å². The molecule has 2 unspecified atom stereocenters.